The van der Waals surface area contributed by atoms with E-state index in [1.165, 1.54) is 9.13 Å². The standard InChI is InChI=1S/C7H6BI/c8-5-6-2-1-3-7(9)4-6/h1-4H,5H2. The molecule has 0 fully saturated rings. The van der Waals surface area contributed by atoms with E-state index in [1.54, 1.807) is 0 Å². The van der Waals surface area contributed by atoms with Gasteiger partial charge in [-0.05, 0) is 34.7 Å². The van der Waals surface area contributed by atoms with Crippen molar-refractivity contribution in [3.8, 4) is 0 Å². The van der Waals surface area contributed by atoms with Crippen molar-refractivity contribution in [2.45, 2.75) is 6.32 Å². The number of rotatable bonds is 1. The van der Waals surface area contributed by atoms with Gasteiger partial charge in [0.1, 0.15) is 0 Å². The van der Waals surface area contributed by atoms with Crippen molar-refractivity contribution < 1.29 is 0 Å². The van der Waals surface area contributed by atoms with E-state index in [1.807, 2.05) is 12.1 Å². The molecule has 0 aromatic heterocycles. The lowest BCUT2D eigenvalue weighted by molar-refractivity contribution is 1.39. The van der Waals surface area contributed by atoms with Gasteiger partial charge in [-0.15, -0.1) is 0 Å². The summed E-state index contributed by atoms with van der Waals surface area (Å²) in [4.78, 5) is 0. The van der Waals surface area contributed by atoms with Gasteiger partial charge in [0.05, 0.1) is 7.85 Å². The number of hydrogen-bond donors (Lipinski definition) is 0. The van der Waals surface area contributed by atoms with Crippen LogP contribution in [-0.2, 0) is 6.32 Å². The zero-order valence-electron chi connectivity index (χ0n) is 4.97. The molecule has 0 unspecified atom stereocenters. The molecule has 0 bridgehead atoms. The normalized spacial score (nSPS) is 9.44. The number of benzene rings is 1. The minimum Gasteiger partial charge on any atom is -0.0643 e. The predicted octanol–water partition coefficient (Wildman–Crippen LogP) is 1.96. The van der Waals surface area contributed by atoms with Gasteiger partial charge in [-0.25, -0.2) is 0 Å². The third kappa shape index (κ3) is 2.01. The van der Waals surface area contributed by atoms with Crippen LogP contribution < -0.4 is 0 Å². The third-order valence-corrected chi connectivity index (χ3v) is 1.80. The van der Waals surface area contributed by atoms with E-state index in [-0.39, 0.29) is 0 Å². The molecule has 44 valence electrons. The third-order valence-electron chi connectivity index (χ3n) is 1.12. The molecule has 0 heterocycles. The summed E-state index contributed by atoms with van der Waals surface area (Å²) in [6, 6.07) is 8.19. The van der Waals surface area contributed by atoms with Gasteiger partial charge in [-0.3, -0.25) is 0 Å². The Morgan fingerprint density at radius 1 is 1.44 bits per heavy atom. The minimum absolute atomic E-state index is 0.636. The second kappa shape index (κ2) is 3.25. The first kappa shape index (κ1) is 7.13. The minimum atomic E-state index is 0.636. The Kier molecular flexibility index (Phi) is 2.57. The van der Waals surface area contributed by atoms with Crippen LogP contribution in [0.15, 0.2) is 24.3 Å². The maximum atomic E-state index is 5.42. The van der Waals surface area contributed by atoms with E-state index in [2.05, 4.69) is 34.7 Å². The van der Waals surface area contributed by atoms with E-state index in [9.17, 15) is 0 Å². The largest absolute Gasteiger partial charge is 0.0716 e. The SMILES string of the molecule is [B]Cc1cccc(I)c1. The van der Waals surface area contributed by atoms with Crippen LogP contribution in [0.1, 0.15) is 5.56 Å². The van der Waals surface area contributed by atoms with Gasteiger partial charge >= 0.3 is 0 Å². The molecule has 0 spiro atoms. The molecule has 0 aliphatic carbocycles. The molecule has 0 amide bonds. The summed E-state index contributed by atoms with van der Waals surface area (Å²) >= 11 is 2.27. The molecule has 0 nitrogen and oxygen atoms in total. The van der Waals surface area contributed by atoms with Crippen LogP contribution in [0.2, 0.25) is 0 Å². The maximum Gasteiger partial charge on any atom is 0.0716 e. The van der Waals surface area contributed by atoms with Crippen molar-refractivity contribution in [2.75, 3.05) is 0 Å². The van der Waals surface area contributed by atoms with Crippen molar-refractivity contribution in [1.29, 1.82) is 0 Å². The average molecular weight is 228 g/mol. The maximum absolute atomic E-state index is 5.42. The second-order valence-corrected chi connectivity index (χ2v) is 3.08. The van der Waals surface area contributed by atoms with Crippen LogP contribution in [0.25, 0.3) is 0 Å². The molecule has 0 saturated heterocycles. The molecular formula is C7H6BI. The highest BCUT2D eigenvalue weighted by Crippen LogP contribution is 2.06. The summed E-state index contributed by atoms with van der Waals surface area (Å²) in [6.07, 6.45) is 0.636. The molecule has 0 atom stereocenters. The van der Waals surface area contributed by atoms with Crippen LogP contribution in [-0.4, -0.2) is 7.85 Å². The van der Waals surface area contributed by atoms with Crippen molar-refractivity contribution in [2.24, 2.45) is 0 Å². The zero-order valence-corrected chi connectivity index (χ0v) is 7.13. The summed E-state index contributed by atoms with van der Waals surface area (Å²) in [7, 11) is 5.42. The molecule has 0 aliphatic rings. The smallest absolute Gasteiger partial charge is 0.0643 e. The Labute approximate surface area is 70.2 Å². The fourth-order valence-corrected chi connectivity index (χ4v) is 1.27. The lowest BCUT2D eigenvalue weighted by Gasteiger charge is -1.94. The summed E-state index contributed by atoms with van der Waals surface area (Å²) in [5.41, 5.74) is 1.20. The molecule has 1 aromatic rings. The highest BCUT2D eigenvalue weighted by atomic mass is 127. The molecule has 0 N–H and O–H groups in total. The molecule has 9 heavy (non-hydrogen) atoms. The fourth-order valence-electron chi connectivity index (χ4n) is 0.664. The zero-order chi connectivity index (χ0) is 6.69. The van der Waals surface area contributed by atoms with Crippen LogP contribution in [0.3, 0.4) is 0 Å². The first-order valence-electron chi connectivity index (χ1n) is 2.77. The van der Waals surface area contributed by atoms with Gasteiger partial charge in [0, 0.05) is 3.57 Å². The van der Waals surface area contributed by atoms with Gasteiger partial charge < -0.3 is 0 Å². The Morgan fingerprint density at radius 3 is 2.67 bits per heavy atom. The lowest BCUT2D eigenvalue weighted by Crippen LogP contribution is -1.82. The highest BCUT2D eigenvalue weighted by Gasteiger charge is 1.86. The van der Waals surface area contributed by atoms with Gasteiger partial charge in [0.25, 0.3) is 0 Å². The Balaban J connectivity index is 2.94. The summed E-state index contributed by atoms with van der Waals surface area (Å²) in [5, 5.41) is 0. The van der Waals surface area contributed by atoms with E-state index >= 15 is 0 Å². The summed E-state index contributed by atoms with van der Waals surface area (Å²) in [6.45, 7) is 0. The van der Waals surface area contributed by atoms with E-state index in [0.717, 1.165) is 0 Å². The first-order chi connectivity index (χ1) is 4.33. The van der Waals surface area contributed by atoms with E-state index in [0.29, 0.717) is 6.32 Å². The topological polar surface area (TPSA) is 0 Å². The van der Waals surface area contributed by atoms with E-state index in [4.69, 9.17) is 7.85 Å². The molecular weight excluding hydrogens is 222 g/mol. The van der Waals surface area contributed by atoms with Crippen LogP contribution >= 0.6 is 22.6 Å². The van der Waals surface area contributed by atoms with Crippen molar-refractivity contribution in [1.82, 2.24) is 0 Å². The van der Waals surface area contributed by atoms with Gasteiger partial charge in [0.15, 0.2) is 0 Å². The molecule has 0 saturated carbocycles. The summed E-state index contributed by atoms with van der Waals surface area (Å²) in [5.74, 6) is 0. The van der Waals surface area contributed by atoms with Crippen LogP contribution in [0.5, 0.6) is 0 Å². The monoisotopic (exact) mass is 228 g/mol. The molecule has 1 rings (SSSR count). The average Bonchev–Trinajstić information content (AvgIpc) is 1.88. The Bertz CT molecular complexity index is 198. The van der Waals surface area contributed by atoms with Gasteiger partial charge in [-0.2, -0.15) is 0 Å². The van der Waals surface area contributed by atoms with Crippen molar-refractivity contribution >= 4 is 30.4 Å². The van der Waals surface area contributed by atoms with Crippen molar-refractivity contribution in [3.05, 3.63) is 33.4 Å². The molecule has 2 radical (unpaired) electrons. The Morgan fingerprint density at radius 2 is 2.22 bits per heavy atom. The van der Waals surface area contributed by atoms with Gasteiger partial charge in [0.2, 0.25) is 0 Å². The van der Waals surface area contributed by atoms with Crippen molar-refractivity contribution in [3.63, 3.8) is 0 Å². The second-order valence-electron chi connectivity index (χ2n) is 1.83. The highest BCUT2D eigenvalue weighted by molar-refractivity contribution is 14.1. The molecule has 0 aliphatic heterocycles. The quantitative estimate of drug-likeness (QED) is 0.509. The van der Waals surface area contributed by atoms with Crippen LogP contribution in [0, 0.1) is 3.57 Å². The van der Waals surface area contributed by atoms with E-state index < -0.39 is 0 Å². The predicted molar refractivity (Wildman–Crippen MR) is 48.6 cm³/mol. The van der Waals surface area contributed by atoms with Gasteiger partial charge in [-0.1, -0.05) is 24.0 Å². The first-order valence-corrected chi connectivity index (χ1v) is 3.85. The molecule has 2 heteroatoms. The fraction of sp³-hybridized carbons (Fsp3) is 0.143. The lowest BCUT2D eigenvalue weighted by atomic mass is 9.97. The summed E-state index contributed by atoms with van der Waals surface area (Å²) < 4.78 is 1.25. The Hall–Kier alpha value is 0.0149. The van der Waals surface area contributed by atoms with Crippen LogP contribution in [0.4, 0.5) is 0 Å². The number of hydrogen-bond acceptors (Lipinski definition) is 0. The molecule has 1 aromatic carbocycles. The number of halogens is 1.